The lowest BCUT2D eigenvalue weighted by Gasteiger charge is -2.40. The minimum atomic E-state index is -0.681. The number of rotatable bonds is 5. The number of carbonyl (C=O) groups is 1. The van der Waals surface area contributed by atoms with Crippen LogP contribution in [0.25, 0.3) is 0 Å². The highest BCUT2D eigenvalue weighted by molar-refractivity contribution is 5.66. The minimum Gasteiger partial charge on any atom is -0.481 e. The van der Waals surface area contributed by atoms with Crippen molar-refractivity contribution >= 4 is 5.97 Å². The molecule has 5 heteroatoms. The highest BCUT2D eigenvalue weighted by Crippen LogP contribution is 2.22. The number of nitrogens with zero attached hydrogens (tertiary/aromatic N) is 2. The van der Waals surface area contributed by atoms with E-state index in [9.17, 15) is 4.79 Å². The third kappa shape index (κ3) is 4.75. The molecule has 0 aromatic heterocycles. The maximum Gasteiger partial charge on any atom is 0.303 e. The number of aliphatic carboxylic acids is 1. The average Bonchev–Trinajstić information content (AvgIpc) is 2.38. The van der Waals surface area contributed by atoms with Gasteiger partial charge in [-0.25, -0.2) is 0 Å². The predicted octanol–water partition coefficient (Wildman–Crippen LogP) is 1.04. The Balaban J connectivity index is 1.82. The van der Waals surface area contributed by atoms with Gasteiger partial charge in [0.1, 0.15) is 0 Å². The summed E-state index contributed by atoms with van der Waals surface area (Å²) in [5.41, 5.74) is 0. The molecule has 0 aromatic rings. The first kappa shape index (κ1) is 14.8. The SMILES string of the molecule is CN1CCOC(CN2CCCCC2CCC(=O)O)C1. The summed E-state index contributed by atoms with van der Waals surface area (Å²) in [4.78, 5) is 15.5. The minimum absolute atomic E-state index is 0.282. The van der Waals surface area contributed by atoms with E-state index >= 15 is 0 Å². The smallest absolute Gasteiger partial charge is 0.303 e. The molecule has 0 aromatic carbocycles. The summed E-state index contributed by atoms with van der Waals surface area (Å²) in [6, 6.07) is 0.431. The van der Waals surface area contributed by atoms with Gasteiger partial charge >= 0.3 is 5.97 Å². The Labute approximate surface area is 115 Å². The molecule has 0 spiro atoms. The molecule has 2 unspecified atom stereocenters. The first-order chi connectivity index (χ1) is 9.15. The summed E-state index contributed by atoms with van der Waals surface area (Å²) in [5, 5.41) is 8.84. The van der Waals surface area contributed by atoms with Gasteiger partial charge in [-0.1, -0.05) is 6.42 Å². The Morgan fingerprint density at radius 1 is 1.37 bits per heavy atom. The van der Waals surface area contributed by atoms with Gasteiger partial charge in [-0.15, -0.1) is 0 Å². The fourth-order valence-corrected chi connectivity index (χ4v) is 3.16. The van der Waals surface area contributed by atoms with Crippen LogP contribution in [0.2, 0.25) is 0 Å². The van der Waals surface area contributed by atoms with Crippen molar-refractivity contribution in [3.8, 4) is 0 Å². The van der Waals surface area contributed by atoms with Crippen LogP contribution in [0.3, 0.4) is 0 Å². The molecular weight excluding hydrogens is 244 g/mol. The second-order valence-electron chi connectivity index (χ2n) is 5.83. The maximum absolute atomic E-state index is 10.7. The van der Waals surface area contributed by atoms with Crippen molar-refractivity contribution in [2.24, 2.45) is 0 Å². The van der Waals surface area contributed by atoms with Crippen LogP contribution in [0.15, 0.2) is 0 Å². The van der Waals surface area contributed by atoms with Gasteiger partial charge in [0.15, 0.2) is 0 Å². The summed E-state index contributed by atoms with van der Waals surface area (Å²) >= 11 is 0. The van der Waals surface area contributed by atoms with Crippen molar-refractivity contribution in [3.05, 3.63) is 0 Å². The van der Waals surface area contributed by atoms with Crippen LogP contribution >= 0.6 is 0 Å². The van der Waals surface area contributed by atoms with Gasteiger partial charge in [0, 0.05) is 32.1 Å². The van der Waals surface area contributed by atoms with E-state index in [2.05, 4.69) is 16.8 Å². The van der Waals surface area contributed by atoms with Gasteiger partial charge in [-0.2, -0.15) is 0 Å². The number of likely N-dealkylation sites (tertiary alicyclic amines) is 1. The molecule has 5 nitrogen and oxygen atoms in total. The number of morpholine rings is 1. The molecule has 110 valence electrons. The molecule has 0 saturated carbocycles. The van der Waals surface area contributed by atoms with Crippen molar-refractivity contribution < 1.29 is 14.6 Å². The van der Waals surface area contributed by atoms with E-state index in [0.717, 1.165) is 45.6 Å². The lowest BCUT2D eigenvalue weighted by atomic mass is 9.97. The normalized spacial score (nSPS) is 30.4. The van der Waals surface area contributed by atoms with E-state index in [1.165, 1.54) is 12.8 Å². The van der Waals surface area contributed by atoms with Crippen molar-refractivity contribution in [1.29, 1.82) is 0 Å². The Morgan fingerprint density at radius 2 is 2.21 bits per heavy atom. The zero-order valence-corrected chi connectivity index (χ0v) is 11.9. The van der Waals surface area contributed by atoms with Gasteiger partial charge in [0.25, 0.3) is 0 Å². The highest BCUT2D eigenvalue weighted by atomic mass is 16.5. The van der Waals surface area contributed by atoms with E-state index < -0.39 is 5.97 Å². The van der Waals surface area contributed by atoms with E-state index in [4.69, 9.17) is 9.84 Å². The molecule has 19 heavy (non-hydrogen) atoms. The number of hydrogen-bond donors (Lipinski definition) is 1. The summed E-state index contributed by atoms with van der Waals surface area (Å²) in [7, 11) is 2.13. The predicted molar refractivity (Wildman–Crippen MR) is 73.3 cm³/mol. The molecular formula is C14H26N2O3. The van der Waals surface area contributed by atoms with Crippen LogP contribution in [0.5, 0.6) is 0 Å². The fraction of sp³-hybridized carbons (Fsp3) is 0.929. The van der Waals surface area contributed by atoms with Crippen molar-refractivity contribution in [1.82, 2.24) is 9.80 Å². The van der Waals surface area contributed by atoms with Crippen molar-refractivity contribution in [2.45, 2.75) is 44.2 Å². The zero-order chi connectivity index (χ0) is 13.7. The second kappa shape index (κ2) is 7.22. The first-order valence-corrected chi connectivity index (χ1v) is 7.41. The van der Waals surface area contributed by atoms with Crippen LogP contribution < -0.4 is 0 Å². The number of piperidine rings is 1. The number of carboxylic acids is 1. The number of hydrogen-bond acceptors (Lipinski definition) is 4. The van der Waals surface area contributed by atoms with Gasteiger partial charge in [-0.3, -0.25) is 9.69 Å². The van der Waals surface area contributed by atoms with Crippen LogP contribution in [0, 0.1) is 0 Å². The van der Waals surface area contributed by atoms with E-state index in [-0.39, 0.29) is 12.5 Å². The topological polar surface area (TPSA) is 53.0 Å². The molecule has 0 radical (unpaired) electrons. The standard InChI is InChI=1S/C14H26N2O3/c1-15-8-9-19-13(10-15)11-16-7-3-2-4-12(16)5-6-14(17)18/h12-13H,2-11H2,1H3,(H,17,18). The van der Waals surface area contributed by atoms with Crippen molar-refractivity contribution in [2.75, 3.05) is 39.8 Å². The largest absolute Gasteiger partial charge is 0.481 e. The van der Waals surface area contributed by atoms with Crippen LogP contribution in [-0.2, 0) is 9.53 Å². The molecule has 2 aliphatic rings. The molecule has 2 heterocycles. The fourth-order valence-electron chi connectivity index (χ4n) is 3.16. The molecule has 0 aliphatic carbocycles. The van der Waals surface area contributed by atoms with Gasteiger partial charge in [0.2, 0.25) is 0 Å². The average molecular weight is 270 g/mol. The maximum atomic E-state index is 10.7. The third-order valence-corrected chi connectivity index (χ3v) is 4.22. The summed E-state index contributed by atoms with van der Waals surface area (Å²) < 4.78 is 5.83. The lowest BCUT2D eigenvalue weighted by Crippen LogP contribution is -2.50. The molecule has 2 aliphatic heterocycles. The number of likely N-dealkylation sites (N-methyl/N-ethyl adjacent to an activating group) is 1. The van der Waals surface area contributed by atoms with Crippen LogP contribution in [0.1, 0.15) is 32.1 Å². The quantitative estimate of drug-likeness (QED) is 0.809. The number of ether oxygens (including phenoxy) is 1. The van der Waals surface area contributed by atoms with Crippen LogP contribution in [0.4, 0.5) is 0 Å². The molecule has 1 N–H and O–H groups in total. The highest BCUT2D eigenvalue weighted by Gasteiger charge is 2.27. The first-order valence-electron chi connectivity index (χ1n) is 7.41. The molecule has 2 fully saturated rings. The second-order valence-corrected chi connectivity index (χ2v) is 5.83. The monoisotopic (exact) mass is 270 g/mol. The third-order valence-electron chi connectivity index (χ3n) is 4.22. The molecule has 0 amide bonds. The zero-order valence-electron chi connectivity index (χ0n) is 11.9. The van der Waals surface area contributed by atoms with Gasteiger partial charge < -0.3 is 14.7 Å². The molecule has 2 saturated heterocycles. The Morgan fingerprint density at radius 3 is 2.95 bits per heavy atom. The molecule has 0 bridgehead atoms. The van der Waals surface area contributed by atoms with Gasteiger partial charge in [-0.05, 0) is 32.9 Å². The summed E-state index contributed by atoms with van der Waals surface area (Å²) in [6.45, 7) is 4.86. The van der Waals surface area contributed by atoms with E-state index in [0.29, 0.717) is 6.04 Å². The van der Waals surface area contributed by atoms with Crippen molar-refractivity contribution in [3.63, 3.8) is 0 Å². The Kier molecular flexibility index (Phi) is 5.60. The van der Waals surface area contributed by atoms with E-state index in [1.54, 1.807) is 0 Å². The van der Waals surface area contributed by atoms with E-state index in [1.807, 2.05) is 0 Å². The summed E-state index contributed by atoms with van der Waals surface area (Å²) in [6.07, 6.45) is 4.93. The van der Waals surface area contributed by atoms with Crippen LogP contribution in [-0.4, -0.2) is 72.9 Å². The Hall–Kier alpha value is -0.650. The Bertz CT molecular complexity index is 298. The lowest BCUT2D eigenvalue weighted by molar-refractivity contribution is -0.137. The number of carboxylic acid groups (broad SMARTS) is 1. The molecule has 2 rings (SSSR count). The summed E-state index contributed by atoms with van der Waals surface area (Å²) in [5.74, 6) is -0.681. The van der Waals surface area contributed by atoms with Gasteiger partial charge in [0.05, 0.1) is 12.7 Å². The molecule has 2 atom stereocenters.